The maximum absolute atomic E-state index is 12.2. The number of nitrogens with zero attached hydrogens (tertiary/aromatic N) is 1. The second-order valence-corrected chi connectivity index (χ2v) is 4.50. The Balaban J connectivity index is 2.85. The van der Waals surface area contributed by atoms with Gasteiger partial charge in [-0.1, -0.05) is 13.3 Å². The van der Waals surface area contributed by atoms with Gasteiger partial charge in [-0.25, -0.2) is 0 Å². The van der Waals surface area contributed by atoms with Crippen LogP contribution in [0.4, 0.5) is 0 Å². The number of hydrogen-bond acceptors (Lipinski definition) is 3. The van der Waals surface area contributed by atoms with Crippen LogP contribution in [0.1, 0.15) is 39.5 Å². The van der Waals surface area contributed by atoms with Crippen LogP contribution in [0.5, 0.6) is 0 Å². The quantitative estimate of drug-likeness (QED) is 0.691. The minimum atomic E-state index is -0.426. The van der Waals surface area contributed by atoms with Gasteiger partial charge in [-0.15, -0.1) is 0 Å². The molecule has 0 aromatic rings. The summed E-state index contributed by atoms with van der Waals surface area (Å²) in [7, 11) is 1.87. The van der Waals surface area contributed by atoms with Gasteiger partial charge in [-0.3, -0.25) is 14.5 Å². The van der Waals surface area contributed by atoms with Crippen molar-refractivity contribution in [1.29, 1.82) is 0 Å². The lowest BCUT2D eigenvalue weighted by atomic mass is 9.78. The summed E-state index contributed by atoms with van der Waals surface area (Å²) in [5, 5.41) is 3.06. The van der Waals surface area contributed by atoms with Gasteiger partial charge in [-0.2, -0.15) is 0 Å². The largest absolute Gasteiger partial charge is 0.320 e. The number of likely N-dealkylation sites (tertiary alicyclic amines) is 1. The van der Waals surface area contributed by atoms with Crippen LogP contribution in [0.25, 0.3) is 0 Å². The Morgan fingerprint density at radius 1 is 1.31 bits per heavy atom. The number of amides is 2. The fourth-order valence-electron chi connectivity index (χ4n) is 2.54. The van der Waals surface area contributed by atoms with Crippen molar-refractivity contribution in [3.05, 3.63) is 0 Å². The summed E-state index contributed by atoms with van der Waals surface area (Å²) in [6, 6.07) is 0. The van der Waals surface area contributed by atoms with Crippen molar-refractivity contribution < 1.29 is 9.59 Å². The van der Waals surface area contributed by atoms with Gasteiger partial charge in [0.2, 0.25) is 11.8 Å². The van der Waals surface area contributed by atoms with Gasteiger partial charge in [0.15, 0.2) is 0 Å². The van der Waals surface area contributed by atoms with Crippen molar-refractivity contribution >= 4 is 11.8 Å². The van der Waals surface area contributed by atoms with Crippen LogP contribution in [0, 0.1) is 5.41 Å². The summed E-state index contributed by atoms with van der Waals surface area (Å²) in [6.45, 7) is 5.21. The van der Waals surface area contributed by atoms with Crippen molar-refractivity contribution in [2.75, 3.05) is 20.1 Å². The minimum absolute atomic E-state index is 0.00273. The molecule has 0 aromatic heterocycles. The van der Waals surface area contributed by atoms with E-state index in [0.717, 1.165) is 25.8 Å². The van der Waals surface area contributed by atoms with Crippen LogP contribution < -0.4 is 5.32 Å². The van der Waals surface area contributed by atoms with E-state index in [1.165, 1.54) is 4.90 Å². The second-order valence-electron chi connectivity index (χ2n) is 4.50. The van der Waals surface area contributed by atoms with Crippen LogP contribution in [0.2, 0.25) is 0 Å². The van der Waals surface area contributed by atoms with Gasteiger partial charge in [-0.05, 0) is 33.4 Å². The molecule has 92 valence electrons. The molecule has 4 nitrogen and oxygen atoms in total. The average Bonchev–Trinajstić information content (AvgIpc) is 2.49. The van der Waals surface area contributed by atoms with Gasteiger partial charge in [0.1, 0.15) is 0 Å². The summed E-state index contributed by atoms with van der Waals surface area (Å²) in [5.74, 6) is 0.0363. The molecule has 0 aromatic carbocycles. The average molecular weight is 226 g/mol. The molecule has 0 aliphatic carbocycles. The molecule has 1 rings (SSSR count). The van der Waals surface area contributed by atoms with Crippen LogP contribution in [-0.2, 0) is 9.59 Å². The van der Waals surface area contributed by atoms with Crippen molar-refractivity contribution in [3.8, 4) is 0 Å². The number of carbonyl (C=O) groups is 2. The summed E-state index contributed by atoms with van der Waals surface area (Å²) in [5.41, 5.74) is -0.426. The van der Waals surface area contributed by atoms with E-state index in [0.29, 0.717) is 13.0 Å². The molecule has 1 unspecified atom stereocenters. The fourth-order valence-corrected chi connectivity index (χ4v) is 2.54. The van der Waals surface area contributed by atoms with Crippen molar-refractivity contribution in [3.63, 3.8) is 0 Å². The Labute approximate surface area is 97.4 Å². The van der Waals surface area contributed by atoms with E-state index in [9.17, 15) is 9.59 Å². The summed E-state index contributed by atoms with van der Waals surface area (Å²) >= 11 is 0. The van der Waals surface area contributed by atoms with E-state index in [1.54, 1.807) is 0 Å². The zero-order valence-electron chi connectivity index (χ0n) is 10.5. The first-order valence-corrected chi connectivity index (χ1v) is 6.10. The molecule has 0 spiro atoms. The topological polar surface area (TPSA) is 49.4 Å². The predicted molar refractivity (Wildman–Crippen MR) is 62.9 cm³/mol. The lowest BCUT2D eigenvalue weighted by molar-refractivity contribution is -0.141. The van der Waals surface area contributed by atoms with Gasteiger partial charge >= 0.3 is 0 Å². The standard InChI is InChI=1S/C12H22N2O2/c1-4-6-12(7-8-13-3)9-10(15)14(5-2)11(12)16/h13H,4-9H2,1-3H3. The zero-order valence-corrected chi connectivity index (χ0v) is 10.5. The molecule has 2 amide bonds. The summed E-state index contributed by atoms with van der Waals surface area (Å²) in [6.07, 6.45) is 2.92. The van der Waals surface area contributed by atoms with Gasteiger partial charge in [0, 0.05) is 13.0 Å². The lowest BCUT2D eigenvalue weighted by Crippen LogP contribution is -2.37. The van der Waals surface area contributed by atoms with E-state index >= 15 is 0 Å². The predicted octanol–water partition coefficient (Wildman–Crippen LogP) is 1.16. The highest BCUT2D eigenvalue weighted by Crippen LogP contribution is 2.40. The molecule has 16 heavy (non-hydrogen) atoms. The van der Waals surface area contributed by atoms with Gasteiger partial charge in [0.25, 0.3) is 0 Å². The SMILES string of the molecule is CCCC1(CCNC)CC(=O)N(CC)C1=O. The van der Waals surface area contributed by atoms with E-state index in [-0.39, 0.29) is 11.8 Å². The molecular formula is C12H22N2O2. The Kier molecular flexibility index (Phi) is 4.47. The first-order chi connectivity index (χ1) is 7.61. The third kappa shape index (κ3) is 2.26. The second kappa shape index (κ2) is 5.43. The van der Waals surface area contributed by atoms with Gasteiger partial charge in [0.05, 0.1) is 5.41 Å². The third-order valence-corrected chi connectivity index (χ3v) is 3.39. The van der Waals surface area contributed by atoms with Crippen molar-refractivity contribution in [2.24, 2.45) is 5.41 Å². The highest BCUT2D eigenvalue weighted by Gasteiger charge is 2.49. The van der Waals surface area contributed by atoms with Gasteiger partial charge < -0.3 is 5.32 Å². The van der Waals surface area contributed by atoms with Crippen LogP contribution in [0.15, 0.2) is 0 Å². The van der Waals surface area contributed by atoms with Crippen LogP contribution >= 0.6 is 0 Å². The molecular weight excluding hydrogens is 204 g/mol. The third-order valence-electron chi connectivity index (χ3n) is 3.39. The molecule has 1 fully saturated rings. The lowest BCUT2D eigenvalue weighted by Gasteiger charge is -2.26. The molecule has 1 N–H and O–H groups in total. The first kappa shape index (κ1) is 13.2. The number of nitrogens with one attached hydrogen (secondary N) is 1. The van der Waals surface area contributed by atoms with E-state index in [4.69, 9.17) is 0 Å². The smallest absolute Gasteiger partial charge is 0.235 e. The number of rotatable bonds is 6. The Morgan fingerprint density at radius 2 is 2.00 bits per heavy atom. The van der Waals surface area contributed by atoms with Crippen LogP contribution in [0.3, 0.4) is 0 Å². The van der Waals surface area contributed by atoms with Crippen molar-refractivity contribution in [2.45, 2.75) is 39.5 Å². The number of hydrogen-bond donors (Lipinski definition) is 1. The first-order valence-electron chi connectivity index (χ1n) is 6.10. The monoisotopic (exact) mass is 226 g/mol. The molecule has 0 saturated carbocycles. The van der Waals surface area contributed by atoms with E-state index in [2.05, 4.69) is 12.2 Å². The highest BCUT2D eigenvalue weighted by atomic mass is 16.2. The molecule has 0 bridgehead atoms. The van der Waals surface area contributed by atoms with Crippen molar-refractivity contribution in [1.82, 2.24) is 10.2 Å². The Hall–Kier alpha value is -0.900. The molecule has 0 radical (unpaired) electrons. The molecule has 4 heteroatoms. The molecule has 1 heterocycles. The maximum atomic E-state index is 12.2. The number of imide groups is 1. The van der Waals surface area contributed by atoms with E-state index in [1.807, 2.05) is 14.0 Å². The van der Waals surface area contributed by atoms with Crippen LogP contribution in [-0.4, -0.2) is 36.9 Å². The van der Waals surface area contributed by atoms with E-state index < -0.39 is 5.41 Å². The minimum Gasteiger partial charge on any atom is -0.320 e. The maximum Gasteiger partial charge on any atom is 0.235 e. The summed E-state index contributed by atoms with van der Waals surface area (Å²) < 4.78 is 0. The molecule has 1 atom stereocenters. The zero-order chi connectivity index (χ0) is 12.2. The fraction of sp³-hybridized carbons (Fsp3) is 0.833. The highest BCUT2D eigenvalue weighted by molar-refractivity contribution is 6.05. The molecule has 1 aliphatic heterocycles. The summed E-state index contributed by atoms with van der Waals surface area (Å²) in [4.78, 5) is 25.4. The Bertz CT molecular complexity index is 278. The Morgan fingerprint density at radius 3 is 2.44 bits per heavy atom. The molecule has 1 aliphatic rings. The molecule has 1 saturated heterocycles. The normalized spacial score (nSPS) is 25.6. The number of carbonyl (C=O) groups excluding carboxylic acids is 2.